The van der Waals surface area contributed by atoms with Crippen molar-refractivity contribution in [2.75, 3.05) is 6.54 Å². The number of para-hydroxylation sites is 1. The lowest BCUT2D eigenvalue weighted by Crippen LogP contribution is -2.36. The Balaban J connectivity index is 1.48. The van der Waals surface area contributed by atoms with Crippen molar-refractivity contribution < 1.29 is 9.59 Å². The minimum Gasteiger partial charge on any atom is -0.350 e. The van der Waals surface area contributed by atoms with Crippen molar-refractivity contribution in [2.45, 2.75) is 6.54 Å². The van der Waals surface area contributed by atoms with E-state index in [9.17, 15) is 9.59 Å². The third-order valence-electron chi connectivity index (χ3n) is 3.74. The van der Waals surface area contributed by atoms with Crippen molar-refractivity contribution in [3.63, 3.8) is 0 Å². The lowest BCUT2D eigenvalue weighted by Gasteiger charge is -2.07. The number of rotatable bonds is 6. The Morgan fingerprint density at radius 1 is 1.00 bits per heavy atom. The zero-order valence-corrected chi connectivity index (χ0v) is 15.7. The molecular weight excluding hydrogens is 387 g/mol. The molecule has 0 atom stereocenters. The van der Waals surface area contributed by atoms with Gasteiger partial charge in [-0.05, 0) is 30.3 Å². The summed E-state index contributed by atoms with van der Waals surface area (Å²) in [5.74, 6) is -0.712. The zero-order chi connectivity index (χ0) is 19.2. The molecule has 1 heterocycles. The first kappa shape index (κ1) is 18.9. The van der Waals surface area contributed by atoms with Crippen molar-refractivity contribution in [2.24, 2.45) is 0 Å². The average molecular weight is 403 g/mol. The lowest BCUT2D eigenvalue weighted by molar-refractivity contribution is -0.120. The summed E-state index contributed by atoms with van der Waals surface area (Å²) in [6.45, 7) is 0.167. The van der Waals surface area contributed by atoms with E-state index in [4.69, 9.17) is 23.2 Å². The number of carbonyl (C=O) groups excluding carboxylic acids is 2. The van der Waals surface area contributed by atoms with Crippen molar-refractivity contribution in [1.29, 1.82) is 0 Å². The third-order valence-corrected chi connectivity index (χ3v) is 4.48. The first-order valence-corrected chi connectivity index (χ1v) is 8.87. The van der Waals surface area contributed by atoms with E-state index in [1.807, 2.05) is 36.5 Å². The largest absolute Gasteiger partial charge is 0.350 e. The first-order chi connectivity index (χ1) is 13.0. The molecule has 6 nitrogen and oxygen atoms in total. The van der Waals surface area contributed by atoms with Crippen LogP contribution in [0, 0.1) is 0 Å². The molecule has 3 rings (SSSR count). The highest BCUT2D eigenvalue weighted by atomic mass is 35.5. The average Bonchev–Trinajstić information content (AvgIpc) is 3.16. The molecular formula is C19H16Cl2N4O2. The van der Waals surface area contributed by atoms with Gasteiger partial charge in [0.15, 0.2) is 0 Å². The van der Waals surface area contributed by atoms with Gasteiger partial charge in [0.2, 0.25) is 5.91 Å². The van der Waals surface area contributed by atoms with Crippen LogP contribution in [0.1, 0.15) is 15.9 Å². The topological polar surface area (TPSA) is 76.0 Å². The van der Waals surface area contributed by atoms with Gasteiger partial charge in [0.1, 0.15) is 0 Å². The molecule has 3 aromatic rings. The molecule has 0 unspecified atom stereocenters. The summed E-state index contributed by atoms with van der Waals surface area (Å²) in [6, 6.07) is 14.2. The van der Waals surface area contributed by atoms with Gasteiger partial charge in [0.05, 0.1) is 28.5 Å². The summed E-state index contributed by atoms with van der Waals surface area (Å²) in [5, 5.41) is 10.2. The molecule has 0 radical (unpaired) electrons. The van der Waals surface area contributed by atoms with Crippen LogP contribution in [0.2, 0.25) is 10.0 Å². The van der Waals surface area contributed by atoms with E-state index < -0.39 is 5.91 Å². The van der Waals surface area contributed by atoms with E-state index in [2.05, 4.69) is 15.7 Å². The molecule has 2 N–H and O–H groups in total. The Kier molecular flexibility index (Phi) is 6.11. The summed E-state index contributed by atoms with van der Waals surface area (Å²) in [4.78, 5) is 24.0. The number of benzene rings is 2. The molecule has 0 saturated heterocycles. The van der Waals surface area contributed by atoms with Gasteiger partial charge in [-0.15, -0.1) is 0 Å². The Morgan fingerprint density at radius 3 is 2.52 bits per heavy atom. The van der Waals surface area contributed by atoms with Crippen molar-refractivity contribution >= 4 is 35.0 Å². The van der Waals surface area contributed by atoms with Crippen LogP contribution in [0.25, 0.3) is 5.69 Å². The number of hydrogen-bond donors (Lipinski definition) is 2. The van der Waals surface area contributed by atoms with Gasteiger partial charge in [-0.1, -0.05) is 41.4 Å². The lowest BCUT2D eigenvalue weighted by atomic mass is 10.2. The quantitative estimate of drug-likeness (QED) is 0.664. The minimum atomic E-state index is -0.402. The molecule has 27 heavy (non-hydrogen) atoms. The van der Waals surface area contributed by atoms with Gasteiger partial charge < -0.3 is 10.6 Å². The van der Waals surface area contributed by atoms with E-state index in [0.29, 0.717) is 17.1 Å². The van der Waals surface area contributed by atoms with Gasteiger partial charge >= 0.3 is 0 Å². The van der Waals surface area contributed by atoms with E-state index in [1.165, 1.54) is 12.1 Å². The Morgan fingerprint density at radius 2 is 1.78 bits per heavy atom. The number of aromatic nitrogens is 2. The van der Waals surface area contributed by atoms with Crippen molar-refractivity contribution in [3.8, 4) is 5.69 Å². The maximum atomic E-state index is 12.0. The maximum absolute atomic E-state index is 12.0. The minimum absolute atomic E-state index is 0.147. The van der Waals surface area contributed by atoms with Crippen molar-refractivity contribution in [3.05, 3.63) is 82.1 Å². The van der Waals surface area contributed by atoms with Gasteiger partial charge in [0.25, 0.3) is 5.91 Å². The standard InChI is InChI=1S/C19H16Cl2N4O2/c20-16-7-6-14(8-17(16)21)19(27)23-11-18(26)22-9-13-10-24-25(12-13)15-4-2-1-3-5-15/h1-8,10,12H,9,11H2,(H,22,26)(H,23,27). The molecule has 0 aliphatic carbocycles. The number of nitrogens with zero attached hydrogens (tertiary/aromatic N) is 2. The molecule has 0 spiro atoms. The summed E-state index contributed by atoms with van der Waals surface area (Å²) >= 11 is 11.7. The molecule has 0 saturated carbocycles. The van der Waals surface area contributed by atoms with Crippen LogP contribution >= 0.6 is 23.2 Å². The van der Waals surface area contributed by atoms with Crippen LogP contribution in [0.3, 0.4) is 0 Å². The number of amides is 2. The summed E-state index contributed by atoms with van der Waals surface area (Å²) in [5.41, 5.74) is 2.12. The predicted molar refractivity (Wildman–Crippen MR) is 104 cm³/mol. The Labute approximate surface area is 166 Å². The second kappa shape index (κ2) is 8.70. The number of hydrogen-bond acceptors (Lipinski definition) is 3. The monoisotopic (exact) mass is 402 g/mol. The van der Waals surface area contributed by atoms with Crippen LogP contribution < -0.4 is 10.6 Å². The normalized spacial score (nSPS) is 10.4. The fourth-order valence-corrected chi connectivity index (χ4v) is 2.63. The summed E-state index contributed by atoms with van der Waals surface area (Å²) in [6.07, 6.45) is 3.52. The van der Waals surface area contributed by atoms with Crippen LogP contribution in [-0.2, 0) is 11.3 Å². The smallest absolute Gasteiger partial charge is 0.251 e. The Bertz CT molecular complexity index is 957. The second-order valence-corrected chi connectivity index (χ2v) is 6.53. The third kappa shape index (κ3) is 5.09. The highest BCUT2D eigenvalue weighted by molar-refractivity contribution is 6.42. The van der Waals surface area contributed by atoms with E-state index in [1.54, 1.807) is 16.9 Å². The molecule has 0 bridgehead atoms. The van der Waals surface area contributed by atoms with Gasteiger partial charge in [-0.2, -0.15) is 5.10 Å². The highest BCUT2D eigenvalue weighted by Crippen LogP contribution is 2.22. The number of nitrogens with one attached hydrogen (secondary N) is 2. The van der Waals surface area contributed by atoms with Crippen molar-refractivity contribution in [1.82, 2.24) is 20.4 Å². The predicted octanol–water partition coefficient (Wildman–Crippen LogP) is 3.23. The molecule has 0 fully saturated rings. The second-order valence-electron chi connectivity index (χ2n) is 5.72. The molecule has 0 aliphatic heterocycles. The number of halogens is 2. The summed E-state index contributed by atoms with van der Waals surface area (Å²) in [7, 11) is 0. The Hall–Kier alpha value is -2.83. The fraction of sp³-hybridized carbons (Fsp3) is 0.105. The zero-order valence-electron chi connectivity index (χ0n) is 14.2. The van der Waals surface area contributed by atoms with E-state index in [-0.39, 0.29) is 17.5 Å². The van der Waals surface area contributed by atoms with Gasteiger partial charge in [-0.3, -0.25) is 9.59 Å². The van der Waals surface area contributed by atoms with Crippen LogP contribution in [0.5, 0.6) is 0 Å². The first-order valence-electron chi connectivity index (χ1n) is 8.12. The maximum Gasteiger partial charge on any atom is 0.251 e. The number of carbonyl (C=O) groups is 2. The van der Waals surface area contributed by atoms with E-state index >= 15 is 0 Å². The molecule has 1 aromatic heterocycles. The SMILES string of the molecule is O=C(CNC(=O)c1ccc(Cl)c(Cl)c1)NCc1cnn(-c2ccccc2)c1. The fourth-order valence-electron chi connectivity index (χ4n) is 2.34. The van der Waals surface area contributed by atoms with Gasteiger partial charge in [-0.25, -0.2) is 4.68 Å². The van der Waals surface area contributed by atoms with E-state index in [0.717, 1.165) is 11.3 Å². The van der Waals surface area contributed by atoms with Crippen LogP contribution in [0.4, 0.5) is 0 Å². The van der Waals surface area contributed by atoms with Crippen LogP contribution in [0.15, 0.2) is 60.9 Å². The molecule has 8 heteroatoms. The molecule has 2 amide bonds. The van der Waals surface area contributed by atoms with Gasteiger partial charge in [0, 0.05) is 23.9 Å². The molecule has 2 aromatic carbocycles. The van der Waals surface area contributed by atoms with Crippen LogP contribution in [-0.4, -0.2) is 28.1 Å². The molecule has 138 valence electrons. The summed E-state index contributed by atoms with van der Waals surface area (Å²) < 4.78 is 1.73. The highest BCUT2D eigenvalue weighted by Gasteiger charge is 2.10. The molecule has 0 aliphatic rings.